The second-order valence-electron chi connectivity index (χ2n) is 14.4. The Morgan fingerprint density at radius 2 is 1.53 bits per heavy atom. The third kappa shape index (κ3) is 2.58. The SMILES string of the molecule is CC(C)C1CCC2(C)C1=CCC1(C)C2CC=C2C3CC(C)(C)CCC3(C)CCC21C. The first kappa shape index (κ1) is 21.3. The summed E-state index contributed by atoms with van der Waals surface area (Å²) in [7, 11) is 0. The number of allylic oxidation sites excluding steroid dienone is 4. The van der Waals surface area contributed by atoms with Crippen LogP contribution in [0.25, 0.3) is 0 Å². The fourth-order valence-electron chi connectivity index (χ4n) is 9.70. The average Bonchev–Trinajstić information content (AvgIpc) is 3.01. The highest BCUT2D eigenvalue weighted by atomic mass is 14.7. The van der Waals surface area contributed by atoms with Gasteiger partial charge in [0.1, 0.15) is 0 Å². The van der Waals surface area contributed by atoms with E-state index in [1.807, 2.05) is 11.1 Å². The van der Waals surface area contributed by atoms with Crippen molar-refractivity contribution < 1.29 is 0 Å². The molecule has 3 saturated carbocycles. The maximum Gasteiger partial charge on any atom is -0.00534 e. The summed E-state index contributed by atoms with van der Waals surface area (Å²) >= 11 is 0. The molecule has 0 spiro atoms. The fourth-order valence-corrected chi connectivity index (χ4v) is 9.70. The molecule has 0 aromatic rings. The number of rotatable bonds is 1. The van der Waals surface area contributed by atoms with Gasteiger partial charge < -0.3 is 0 Å². The molecule has 0 saturated heterocycles. The van der Waals surface area contributed by atoms with Crippen LogP contribution in [-0.2, 0) is 0 Å². The second-order valence-corrected chi connectivity index (χ2v) is 14.4. The first-order valence-electron chi connectivity index (χ1n) is 13.3. The molecule has 5 aliphatic carbocycles. The minimum atomic E-state index is 0.397. The number of hydrogen-bond donors (Lipinski definition) is 0. The zero-order chi connectivity index (χ0) is 21.7. The van der Waals surface area contributed by atoms with Crippen molar-refractivity contribution in [3.8, 4) is 0 Å². The maximum absolute atomic E-state index is 2.83. The van der Waals surface area contributed by atoms with E-state index < -0.39 is 0 Å². The Kier molecular flexibility index (Phi) is 4.47. The van der Waals surface area contributed by atoms with E-state index >= 15 is 0 Å². The molecule has 5 rings (SSSR count). The molecule has 0 nitrogen and oxygen atoms in total. The second kappa shape index (κ2) is 6.29. The van der Waals surface area contributed by atoms with E-state index in [4.69, 9.17) is 0 Å². The van der Waals surface area contributed by atoms with Crippen LogP contribution in [-0.4, -0.2) is 0 Å². The van der Waals surface area contributed by atoms with Crippen LogP contribution < -0.4 is 0 Å². The van der Waals surface area contributed by atoms with Gasteiger partial charge in [0.2, 0.25) is 0 Å². The summed E-state index contributed by atoms with van der Waals surface area (Å²) in [5.74, 6) is 3.30. The molecule has 5 aliphatic rings. The van der Waals surface area contributed by atoms with Crippen LogP contribution in [0.1, 0.15) is 113 Å². The van der Waals surface area contributed by atoms with Gasteiger partial charge in [0.15, 0.2) is 0 Å². The van der Waals surface area contributed by atoms with Crippen molar-refractivity contribution in [2.45, 2.75) is 113 Å². The predicted molar refractivity (Wildman–Crippen MR) is 129 cm³/mol. The minimum absolute atomic E-state index is 0.397. The van der Waals surface area contributed by atoms with Gasteiger partial charge in [-0.3, -0.25) is 0 Å². The molecule has 0 radical (unpaired) electrons. The Hall–Kier alpha value is -0.520. The number of fused-ring (bicyclic) bond motifs is 7. The van der Waals surface area contributed by atoms with Crippen molar-refractivity contribution in [2.75, 3.05) is 0 Å². The topological polar surface area (TPSA) is 0 Å². The minimum Gasteiger partial charge on any atom is -0.0841 e. The Morgan fingerprint density at radius 1 is 0.833 bits per heavy atom. The Balaban J connectivity index is 1.57. The molecular formula is C30H48. The van der Waals surface area contributed by atoms with Gasteiger partial charge in [-0.2, -0.15) is 0 Å². The Morgan fingerprint density at radius 3 is 2.23 bits per heavy atom. The van der Waals surface area contributed by atoms with E-state index in [9.17, 15) is 0 Å². The summed E-state index contributed by atoms with van der Waals surface area (Å²) in [5, 5.41) is 0. The van der Waals surface area contributed by atoms with Crippen molar-refractivity contribution >= 4 is 0 Å². The van der Waals surface area contributed by atoms with Crippen LogP contribution in [0.2, 0.25) is 0 Å². The van der Waals surface area contributed by atoms with E-state index in [-0.39, 0.29) is 0 Å². The van der Waals surface area contributed by atoms with Crippen molar-refractivity contribution in [1.82, 2.24) is 0 Å². The first-order chi connectivity index (χ1) is 13.9. The molecule has 7 atom stereocenters. The van der Waals surface area contributed by atoms with E-state index in [2.05, 4.69) is 67.5 Å². The maximum atomic E-state index is 2.83. The molecule has 0 bridgehead atoms. The van der Waals surface area contributed by atoms with Gasteiger partial charge in [-0.05, 0) is 109 Å². The van der Waals surface area contributed by atoms with Crippen molar-refractivity contribution in [2.24, 2.45) is 50.7 Å². The van der Waals surface area contributed by atoms with Crippen LogP contribution >= 0.6 is 0 Å². The third-order valence-corrected chi connectivity index (χ3v) is 12.1. The summed E-state index contributed by atoms with van der Waals surface area (Å²) in [6, 6.07) is 0. The molecule has 0 amide bonds. The molecule has 0 N–H and O–H groups in total. The fraction of sp³-hybridized carbons (Fsp3) is 0.867. The van der Waals surface area contributed by atoms with E-state index in [1.165, 1.54) is 57.8 Å². The zero-order valence-electron chi connectivity index (χ0n) is 21.3. The van der Waals surface area contributed by atoms with Gasteiger partial charge >= 0.3 is 0 Å². The van der Waals surface area contributed by atoms with Gasteiger partial charge in [-0.1, -0.05) is 78.7 Å². The van der Waals surface area contributed by atoms with E-state index in [1.54, 1.807) is 0 Å². The van der Waals surface area contributed by atoms with Crippen molar-refractivity contribution in [3.05, 3.63) is 23.3 Å². The van der Waals surface area contributed by atoms with Gasteiger partial charge in [0.25, 0.3) is 0 Å². The lowest BCUT2D eigenvalue weighted by molar-refractivity contribution is -0.0937. The van der Waals surface area contributed by atoms with Crippen LogP contribution in [0.15, 0.2) is 23.3 Å². The molecule has 0 heteroatoms. The lowest BCUT2D eigenvalue weighted by Gasteiger charge is -2.67. The number of hydrogen-bond acceptors (Lipinski definition) is 0. The lowest BCUT2D eigenvalue weighted by Crippen LogP contribution is -2.58. The van der Waals surface area contributed by atoms with Crippen molar-refractivity contribution in [3.63, 3.8) is 0 Å². The highest BCUT2D eigenvalue weighted by Gasteiger charge is 2.65. The smallest absolute Gasteiger partial charge is 0.00534 e. The monoisotopic (exact) mass is 408 g/mol. The van der Waals surface area contributed by atoms with Crippen LogP contribution in [0.4, 0.5) is 0 Å². The Bertz CT molecular complexity index is 795. The van der Waals surface area contributed by atoms with E-state index in [0.29, 0.717) is 27.1 Å². The van der Waals surface area contributed by atoms with E-state index in [0.717, 1.165) is 23.7 Å². The lowest BCUT2D eigenvalue weighted by atomic mass is 9.37. The molecule has 3 fully saturated rings. The van der Waals surface area contributed by atoms with Gasteiger partial charge in [0, 0.05) is 0 Å². The molecule has 168 valence electrons. The van der Waals surface area contributed by atoms with Crippen LogP contribution in [0, 0.1) is 50.7 Å². The summed E-state index contributed by atoms with van der Waals surface area (Å²) in [6.07, 6.45) is 18.3. The Labute approximate surface area is 187 Å². The van der Waals surface area contributed by atoms with Crippen molar-refractivity contribution in [1.29, 1.82) is 0 Å². The van der Waals surface area contributed by atoms with Gasteiger partial charge in [0.05, 0.1) is 0 Å². The van der Waals surface area contributed by atoms with Gasteiger partial charge in [-0.15, -0.1) is 0 Å². The molecule has 0 heterocycles. The normalized spacial score (nSPS) is 52.0. The van der Waals surface area contributed by atoms with Crippen LogP contribution in [0.5, 0.6) is 0 Å². The molecular weight excluding hydrogens is 360 g/mol. The standard InChI is InChI=1S/C30H48/c1-20(2)21-11-13-28(6)22(21)12-14-30(8)25(28)10-9-23-24-19-26(3,4)15-16-27(24,5)17-18-29(23,30)7/h9,12,20-21,24-25H,10-11,13-19H2,1-8H3. The zero-order valence-corrected chi connectivity index (χ0v) is 21.3. The highest BCUT2D eigenvalue weighted by molar-refractivity contribution is 5.38. The third-order valence-electron chi connectivity index (χ3n) is 12.1. The largest absolute Gasteiger partial charge is 0.0841 e. The van der Waals surface area contributed by atoms with Gasteiger partial charge in [-0.25, -0.2) is 0 Å². The molecule has 0 aromatic carbocycles. The summed E-state index contributed by atoms with van der Waals surface area (Å²) in [4.78, 5) is 0. The van der Waals surface area contributed by atoms with Crippen LogP contribution in [0.3, 0.4) is 0 Å². The first-order valence-corrected chi connectivity index (χ1v) is 13.3. The highest BCUT2D eigenvalue weighted by Crippen LogP contribution is 2.74. The molecule has 7 unspecified atom stereocenters. The summed E-state index contributed by atoms with van der Waals surface area (Å²) < 4.78 is 0. The summed E-state index contributed by atoms with van der Waals surface area (Å²) in [6.45, 7) is 20.7. The summed E-state index contributed by atoms with van der Waals surface area (Å²) in [5.41, 5.74) is 6.11. The molecule has 0 aromatic heterocycles. The molecule has 30 heavy (non-hydrogen) atoms. The quantitative estimate of drug-likeness (QED) is 0.380. The molecule has 0 aliphatic heterocycles. The predicted octanol–water partition coefficient (Wildman–Crippen LogP) is 8.97. The average molecular weight is 409 g/mol.